The number of methoxy groups -OCH3 is 1. The average Bonchev–Trinajstić information content (AvgIpc) is 2.94. The molecule has 0 aliphatic rings. The first kappa shape index (κ1) is 32.3. The van der Waals surface area contributed by atoms with E-state index in [1.54, 1.807) is 24.3 Å². The molecule has 0 saturated heterocycles. The van der Waals surface area contributed by atoms with Crippen molar-refractivity contribution in [3.8, 4) is 5.75 Å². The quantitative estimate of drug-likeness (QED) is 0.238. The third kappa shape index (κ3) is 11.0. The molecule has 0 spiro atoms. The van der Waals surface area contributed by atoms with E-state index in [2.05, 4.69) is 47.1 Å². The zero-order chi connectivity index (χ0) is 28.7. The smallest absolute Gasteiger partial charge is 0.251 e. The summed E-state index contributed by atoms with van der Waals surface area (Å²) in [5.74, 6) is -0.844. The summed E-state index contributed by atoms with van der Waals surface area (Å²) in [6.45, 7) is 7.80. The minimum absolute atomic E-state index is 0.320. The second-order valence-corrected chi connectivity index (χ2v) is 12.1. The molecule has 0 heterocycles. The molecule has 3 N–H and O–H groups in total. The summed E-state index contributed by atoms with van der Waals surface area (Å²) in [7, 11) is -2.08. The van der Waals surface area contributed by atoms with E-state index in [1.165, 1.54) is 18.2 Å². The molecule has 0 aromatic heterocycles. The summed E-state index contributed by atoms with van der Waals surface area (Å²) in [6.07, 6.45) is 4.18. The number of carbonyl (C=O) groups is 2. The van der Waals surface area contributed by atoms with E-state index in [9.17, 15) is 18.0 Å². The first-order chi connectivity index (χ1) is 18.7. The molecule has 9 heteroatoms. The SMILES string of the molecule is CCCC(CCC)S(=O)(=O)CC(NC(=O)c1ccc(OC)cc1)C(=O)NCCCNCc1cccc(CC)c1. The average molecular weight is 560 g/mol. The number of hydrogen-bond acceptors (Lipinski definition) is 6. The van der Waals surface area contributed by atoms with Crippen molar-refractivity contribution in [3.05, 3.63) is 65.2 Å². The summed E-state index contributed by atoms with van der Waals surface area (Å²) in [5.41, 5.74) is 2.82. The highest BCUT2D eigenvalue weighted by Gasteiger charge is 2.32. The molecule has 0 bridgehead atoms. The number of sulfone groups is 1. The van der Waals surface area contributed by atoms with Crippen molar-refractivity contribution >= 4 is 21.7 Å². The zero-order valence-corrected chi connectivity index (χ0v) is 24.6. The van der Waals surface area contributed by atoms with Gasteiger partial charge in [0.05, 0.1) is 18.1 Å². The topological polar surface area (TPSA) is 114 Å². The van der Waals surface area contributed by atoms with Gasteiger partial charge in [0.25, 0.3) is 5.91 Å². The standard InChI is InChI=1S/C30H45N3O5S/c1-5-10-27(11-6-2)39(36,37)22-28(33-29(34)25-14-16-26(38-4)17-15-25)30(35)32-19-9-18-31-21-24-13-8-12-23(7-3)20-24/h8,12-17,20,27-28,31H,5-7,9-11,18-19,21-22H2,1-4H3,(H,32,35)(H,33,34). The number of amides is 2. The van der Waals surface area contributed by atoms with Crippen LogP contribution < -0.4 is 20.7 Å². The van der Waals surface area contributed by atoms with E-state index >= 15 is 0 Å². The van der Waals surface area contributed by atoms with Crippen LogP contribution in [0.1, 0.15) is 74.4 Å². The van der Waals surface area contributed by atoms with Gasteiger partial charge in [0.15, 0.2) is 9.84 Å². The highest BCUT2D eigenvalue weighted by atomic mass is 32.2. The van der Waals surface area contributed by atoms with Crippen LogP contribution in [-0.2, 0) is 27.6 Å². The van der Waals surface area contributed by atoms with E-state index in [0.717, 1.165) is 25.8 Å². The third-order valence-electron chi connectivity index (χ3n) is 6.66. The second kappa shape index (κ2) is 16.9. The maximum Gasteiger partial charge on any atom is 0.251 e. The Bertz CT molecular complexity index is 1130. The predicted octanol–water partition coefficient (Wildman–Crippen LogP) is 4.04. The molecule has 0 fully saturated rings. The molecule has 8 nitrogen and oxygen atoms in total. The Morgan fingerprint density at radius 2 is 1.59 bits per heavy atom. The lowest BCUT2D eigenvalue weighted by atomic mass is 10.1. The number of rotatable bonds is 18. The van der Waals surface area contributed by atoms with Crippen molar-refractivity contribution in [3.63, 3.8) is 0 Å². The monoisotopic (exact) mass is 559 g/mol. The minimum Gasteiger partial charge on any atom is -0.497 e. The Labute approximate surface area is 234 Å². The van der Waals surface area contributed by atoms with E-state index in [-0.39, 0.29) is 0 Å². The van der Waals surface area contributed by atoms with Gasteiger partial charge in [-0.15, -0.1) is 0 Å². The molecule has 2 aromatic carbocycles. The van der Waals surface area contributed by atoms with Crippen LogP contribution in [0, 0.1) is 0 Å². The van der Waals surface area contributed by atoms with Crippen LogP contribution in [0.5, 0.6) is 5.75 Å². The van der Waals surface area contributed by atoms with Gasteiger partial charge >= 0.3 is 0 Å². The fraction of sp³-hybridized carbons (Fsp3) is 0.533. The van der Waals surface area contributed by atoms with E-state index in [0.29, 0.717) is 43.7 Å². The maximum atomic E-state index is 13.3. The second-order valence-electron chi connectivity index (χ2n) is 9.78. The fourth-order valence-corrected chi connectivity index (χ4v) is 6.58. The minimum atomic E-state index is -3.61. The first-order valence-electron chi connectivity index (χ1n) is 14.0. The molecule has 0 aliphatic carbocycles. The Morgan fingerprint density at radius 1 is 0.923 bits per heavy atom. The van der Waals surface area contributed by atoms with Crippen LogP contribution in [-0.4, -0.2) is 57.5 Å². The summed E-state index contributed by atoms with van der Waals surface area (Å²) in [6, 6.07) is 13.7. The lowest BCUT2D eigenvalue weighted by molar-refractivity contribution is -0.122. The Balaban J connectivity index is 2.00. The number of benzene rings is 2. The van der Waals surface area contributed by atoms with Gasteiger partial charge in [-0.25, -0.2) is 8.42 Å². The van der Waals surface area contributed by atoms with Crippen molar-refractivity contribution in [1.29, 1.82) is 0 Å². The molecule has 0 aliphatic heterocycles. The van der Waals surface area contributed by atoms with Crippen molar-refractivity contribution in [1.82, 2.24) is 16.0 Å². The third-order valence-corrected chi connectivity index (χ3v) is 8.95. The van der Waals surface area contributed by atoms with E-state index in [4.69, 9.17) is 4.74 Å². The highest BCUT2D eigenvalue weighted by molar-refractivity contribution is 7.92. The summed E-state index contributed by atoms with van der Waals surface area (Å²) in [4.78, 5) is 26.0. The number of nitrogens with one attached hydrogen (secondary N) is 3. The van der Waals surface area contributed by atoms with Gasteiger partial charge in [-0.3, -0.25) is 9.59 Å². The summed E-state index contributed by atoms with van der Waals surface area (Å²) < 4.78 is 31.7. The molecule has 2 amide bonds. The Kier molecular flexibility index (Phi) is 14.0. The fourth-order valence-electron chi connectivity index (χ4n) is 4.42. The van der Waals surface area contributed by atoms with Crippen LogP contribution in [0.15, 0.2) is 48.5 Å². The summed E-state index contributed by atoms with van der Waals surface area (Å²) in [5, 5.41) is 8.33. The van der Waals surface area contributed by atoms with Crippen molar-refractivity contribution in [2.24, 2.45) is 0 Å². The molecule has 39 heavy (non-hydrogen) atoms. The molecule has 2 rings (SSSR count). The van der Waals surface area contributed by atoms with Gasteiger partial charge in [0, 0.05) is 18.7 Å². The molecule has 1 atom stereocenters. The van der Waals surface area contributed by atoms with Crippen LogP contribution in [0.25, 0.3) is 0 Å². The molecular weight excluding hydrogens is 514 g/mol. The summed E-state index contributed by atoms with van der Waals surface area (Å²) >= 11 is 0. The number of ether oxygens (including phenoxy) is 1. The van der Waals surface area contributed by atoms with Crippen LogP contribution in [0.2, 0.25) is 0 Å². The normalized spacial score (nSPS) is 12.2. The van der Waals surface area contributed by atoms with Gasteiger partial charge in [-0.1, -0.05) is 57.9 Å². The maximum absolute atomic E-state index is 13.3. The number of aryl methyl sites for hydroxylation is 1. The van der Waals surface area contributed by atoms with Crippen LogP contribution in [0.3, 0.4) is 0 Å². The molecule has 2 aromatic rings. The van der Waals surface area contributed by atoms with Crippen molar-refractivity contribution < 1.29 is 22.7 Å². The zero-order valence-electron chi connectivity index (χ0n) is 23.8. The lowest BCUT2D eigenvalue weighted by Crippen LogP contribution is -2.51. The molecule has 0 saturated carbocycles. The van der Waals surface area contributed by atoms with Crippen molar-refractivity contribution in [2.75, 3.05) is 26.0 Å². The molecule has 0 radical (unpaired) electrons. The predicted molar refractivity (Wildman–Crippen MR) is 157 cm³/mol. The Morgan fingerprint density at radius 3 is 2.21 bits per heavy atom. The number of carbonyl (C=O) groups excluding carboxylic acids is 2. The van der Waals surface area contributed by atoms with Gasteiger partial charge < -0.3 is 20.7 Å². The largest absolute Gasteiger partial charge is 0.497 e. The highest BCUT2D eigenvalue weighted by Crippen LogP contribution is 2.17. The first-order valence-corrected chi connectivity index (χ1v) is 15.7. The van der Waals surface area contributed by atoms with E-state index in [1.807, 2.05) is 13.8 Å². The van der Waals surface area contributed by atoms with Gasteiger partial charge in [-0.05, 0) is 67.6 Å². The van der Waals surface area contributed by atoms with Gasteiger partial charge in [0.1, 0.15) is 11.8 Å². The van der Waals surface area contributed by atoms with Crippen LogP contribution in [0.4, 0.5) is 0 Å². The van der Waals surface area contributed by atoms with Crippen LogP contribution >= 0.6 is 0 Å². The molecular formula is C30H45N3O5S. The Hall–Kier alpha value is -2.91. The molecule has 216 valence electrons. The number of hydrogen-bond donors (Lipinski definition) is 3. The van der Waals surface area contributed by atoms with Gasteiger partial charge in [0.2, 0.25) is 5.91 Å². The van der Waals surface area contributed by atoms with Crippen molar-refractivity contribution in [2.45, 2.75) is 77.1 Å². The van der Waals surface area contributed by atoms with Gasteiger partial charge in [-0.2, -0.15) is 0 Å². The van der Waals surface area contributed by atoms with E-state index < -0.39 is 38.7 Å². The molecule has 1 unspecified atom stereocenters. The lowest BCUT2D eigenvalue weighted by Gasteiger charge is -2.22.